The molecular weight excluding hydrogens is 398 g/mol. The number of hydrogen-bond donors (Lipinski definition) is 1. The molecule has 1 heterocycles. The molecule has 1 N–H and O–H groups in total. The van der Waals surface area contributed by atoms with Gasteiger partial charge in [0.05, 0.1) is 0 Å². The van der Waals surface area contributed by atoms with Crippen molar-refractivity contribution in [1.82, 2.24) is 15.1 Å². The topological polar surface area (TPSA) is 52.7 Å². The Bertz CT molecular complexity index is 1020. The number of carbonyl (C=O) groups is 2. The minimum atomic E-state index is -0.549. The lowest BCUT2D eigenvalue weighted by Gasteiger charge is -2.39. The summed E-state index contributed by atoms with van der Waals surface area (Å²) in [5.41, 5.74) is 3.03. The van der Waals surface area contributed by atoms with Crippen molar-refractivity contribution < 1.29 is 9.59 Å². The van der Waals surface area contributed by atoms with Crippen molar-refractivity contribution in [3.8, 4) is 0 Å². The Morgan fingerprint density at radius 3 is 2.12 bits per heavy atom. The van der Waals surface area contributed by atoms with Gasteiger partial charge in [0.25, 0.3) is 0 Å². The SMILES string of the molecule is CN(Cc1ccccc1)C(=O)[C@@H](Cc1ccccc1)N1CCNC(c2ccccc2)C1=O. The zero-order chi connectivity index (χ0) is 22.3. The fourth-order valence-electron chi connectivity index (χ4n) is 4.27. The van der Waals surface area contributed by atoms with Crippen LogP contribution in [0.2, 0.25) is 0 Å². The summed E-state index contributed by atoms with van der Waals surface area (Å²) in [5.74, 6) is -0.0930. The number of nitrogens with zero attached hydrogens (tertiary/aromatic N) is 2. The van der Waals surface area contributed by atoms with Crippen LogP contribution in [-0.4, -0.2) is 47.8 Å². The van der Waals surface area contributed by atoms with E-state index in [-0.39, 0.29) is 11.8 Å². The van der Waals surface area contributed by atoms with Crippen LogP contribution in [0.15, 0.2) is 91.0 Å². The molecule has 3 aromatic rings. The molecule has 1 unspecified atom stereocenters. The molecule has 1 fully saturated rings. The van der Waals surface area contributed by atoms with E-state index in [4.69, 9.17) is 0 Å². The van der Waals surface area contributed by atoms with Gasteiger partial charge >= 0.3 is 0 Å². The molecule has 0 aromatic heterocycles. The maximum absolute atomic E-state index is 13.7. The number of rotatable bonds is 7. The zero-order valence-electron chi connectivity index (χ0n) is 18.4. The largest absolute Gasteiger partial charge is 0.340 e. The lowest BCUT2D eigenvalue weighted by molar-refractivity contribution is -0.148. The molecule has 3 aromatic carbocycles. The minimum Gasteiger partial charge on any atom is -0.340 e. The summed E-state index contributed by atoms with van der Waals surface area (Å²) in [6, 6.07) is 28.6. The van der Waals surface area contributed by atoms with Crippen LogP contribution in [0.25, 0.3) is 0 Å². The molecule has 1 saturated heterocycles. The fraction of sp³-hybridized carbons (Fsp3) is 0.259. The second kappa shape index (κ2) is 10.2. The number of nitrogens with one attached hydrogen (secondary N) is 1. The maximum atomic E-state index is 13.7. The van der Waals surface area contributed by atoms with E-state index in [0.717, 1.165) is 16.7 Å². The van der Waals surface area contributed by atoms with Crippen LogP contribution in [0.3, 0.4) is 0 Å². The summed E-state index contributed by atoms with van der Waals surface area (Å²) in [6.45, 7) is 1.66. The third-order valence-electron chi connectivity index (χ3n) is 5.94. The lowest BCUT2D eigenvalue weighted by atomic mass is 9.98. The quantitative estimate of drug-likeness (QED) is 0.629. The first-order valence-corrected chi connectivity index (χ1v) is 11.0. The van der Waals surface area contributed by atoms with Crippen LogP contribution in [0.4, 0.5) is 0 Å². The van der Waals surface area contributed by atoms with Gasteiger partial charge in [-0.25, -0.2) is 0 Å². The number of carbonyl (C=O) groups excluding carboxylic acids is 2. The van der Waals surface area contributed by atoms with Gasteiger partial charge in [-0.3, -0.25) is 9.59 Å². The van der Waals surface area contributed by atoms with Gasteiger partial charge in [-0.15, -0.1) is 0 Å². The van der Waals surface area contributed by atoms with E-state index < -0.39 is 12.1 Å². The van der Waals surface area contributed by atoms with Crippen LogP contribution in [0.5, 0.6) is 0 Å². The first kappa shape index (κ1) is 21.8. The van der Waals surface area contributed by atoms with E-state index in [0.29, 0.717) is 26.1 Å². The summed E-state index contributed by atoms with van der Waals surface area (Å²) in [4.78, 5) is 30.7. The molecule has 5 nitrogen and oxygen atoms in total. The van der Waals surface area contributed by atoms with Crippen molar-refractivity contribution in [2.24, 2.45) is 0 Å². The highest BCUT2D eigenvalue weighted by Gasteiger charge is 2.38. The molecule has 4 rings (SSSR count). The van der Waals surface area contributed by atoms with Gasteiger partial charge < -0.3 is 15.1 Å². The molecule has 0 aliphatic carbocycles. The fourth-order valence-corrected chi connectivity index (χ4v) is 4.27. The first-order chi connectivity index (χ1) is 15.6. The van der Waals surface area contributed by atoms with Gasteiger partial charge in [-0.2, -0.15) is 0 Å². The Hall–Kier alpha value is -3.44. The van der Waals surface area contributed by atoms with Crippen molar-refractivity contribution in [1.29, 1.82) is 0 Å². The first-order valence-electron chi connectivity index (χ1n) is 11.0. The molecule has 1 aliphatic heterocycles. The van der Waals surface area contributed by atoms with E-state index in [1.165, 1.54) is 0 Å². The monoisotopic (exact) mass is 427 g/mol. The Morgan fingerprint density at radius 1 is 0.938 bits per heavy atom. The average molecular weight is 428 g/mol. The van der Waals surface area contributed by atoms with Crippen LogP contribution < -0.4 is 5.32 Å². The smallest absolute Gasteiger partial charge is 0.245 e. The van der Waals surface area contributed by atoms with Crippen molar-refractivity contribution in [2.75, 3.05) is 20.1 Å². The highest BCUT2D eigenvalue weighted by Crippen LogP contribution is 2.23. The highest BCUT2D eigenvalue weighted by molar-refractivity contribution is 5.91. The number of piperazine rings is 1. The third-order valence-corrected chi connectivity index (χ3v) is 5.94. The van der Waals surface area contributed by atoms with Gasteiger partial charge in [-0.05, 0) is 16.7 Å². The molecule has 0 spiro atoms. The molecule has 0 saturated carbocycles. The van der Waals surface area contributed by atoms with Gasteiger partial charge in [0.2, 0.25) is 11.8 Å². The number of hydrogen-bond acceptors (Lipinski definition) is 3. The Labute approximate surface area is 189 Å². The average Bonchev–Trinajstić information content (AvgIpc) is 2.84. The molecule has 164 valence electrons. The van der Waals surface area contributed by atoms with E-state index in [9.17, 15) is 9.59 Å². The molecular formula is C27H29N3O2. The van der Waals surface area contributed by atoms with Gasteiger partial charge in [0.15, 0.2) is 0 Å². The van der Waals surface area contributed by atoms with E-state index in [2.05, 4.69) is 5.32 Å². The lowest BCUT2D eigenvalue weighted by Crippen LogP contribution is -2.58. The number of benzene rings is 3. The van der Waals surface area contributed by atoms with Crippen molar-refractivity contribution in [2.45, 2.75) is 25.0 Å². The molecule has 5 heteroatoms. The van der Waals surface area contributed by atoms with Crippen molar-refractivity contribution in [3.05, 3.63) is 108 Å². The second-order valence-electron chi connectivity index (χ2n) is 8.21. The predicted octanol–water partition coefficient (Wildman–Crippen LogP) is 3.43. The molecule has 0 radical (unpaired) electrons. The van der Waals surface area contributed by atoms with Crippen LogP contribution >= 0.6 is 0 Å². The van der Waals surface area contributed by atoms with Gasteiger partial charge in [-0.1, -0.05) is 91.0 Å². The van der Waals surface area contributed by atoms with Crippen LogP contribution in [0.1, 0.15) is 22.7 Å². The van der Waals surface area contributed by atoms with Gasteiger partial charge in [0, 0.05) is 33.1 Å². The van der Waals surface area contributed by atoms with Crippen LogP contribution in [-0.2, 0) is 22.6 Å². The standard InChI is InChI=1S/C27H29N3O2/c1-29(20-22-13-7-3-8-14-22)26(31)24(19-21-11-5-2-6-12-21)30-18-17-28-25(27(30)32)23-15-9-4-10-16-23/h2-16,24-25,28H,17-20H2,1H3/t24-,25?/m1/s1. The number of amides is 2. The van der Waals surface area contributed by atoms with E-state index >= 15 is 0 Å². The maximum Gasteiger partial charge on any atom is 0.245 e. The van der Waals surface area contributed by atoms with E-state index in [1.54, 1.807) is 9.80 Å². The molecule has 2 atom stereocenters. The minimum absolute atomic E-state index is 0.0419. The third kappa shape index (κ3) is 5.06. The normalized spacial score (nSPS) is 17.1. The highest BCUT2D eigenvalue weighted by atomic mass is 16.2. The second-order valence-corrected chi connectivity index (χ2v) is 8.21. The van der Waals surface area contributed by atoms with Crippen molar-refractivity contribution in [3.63, 3.8) is 0 Å². The Kier molecular flexibility index (Phi) is 6.97. The summed E-state index contributed by atoms with van der Waals surface area (Å²) < 4.78 is 0. The molecule has 0 bridgehead atoms. The number of likely N-dealkylation sites (N-methyl/N-ethyl adjacent to an activating group) is 1. The Morgan fingerprint density at radius 2 is 1.50 bits per heavy atom. The summed E-state index contributed by atoms with van der Waals surface area (Å²) in [6.07, 6.45) is 0.492. The summed E-state index contributed by atoms with van der Waals surface area (Å²) >= 11 is 0. The summed E-state index contributed by atoms with van der Waals surface area (Å²) in [7, 11) is 1.81. The van der Waals surface area contributed by atoms with Crippen molar-refractivity contribution >= 4 is 11.8 Å². The predicted molar refractivity (Wildman–Crippen MR) is 126 cm³/mol. The summed E-state index contributed by atoms with van der Waals surface area (Å²) in [5, 5.41) is 3.33. The van der Waals surface area contributed by atoms with Crippen LogP contribution in [0, 0.1) is 0 Å². The van der Waals surface area contributed by atoms with E-state index in [1.807, 2.05) is 98.0 Å². The Balaban J connectivity index is 1.59. The molecule has 1 aliphatic rings. The molecule has 2 amide bonds. The molecule has 32 heavy (non-hydrogen) atoms. The van der Waals surface area contributed by atoms with Gasteiger partial charge in [0.1, 0.15) is 12.1 Å². The zero-order valence-corrected chi connectivity index (χ0v) is 18.4.